The molecular weight excluding hydrogens is 194 g/mol. The van der Waals surface area contributed by atoms with E-state index in [4.69, 9.17) is 4.74 Å². The van der Waals surface area contributed by atoms with Crippen LogP contribution in [0.5, 0.6) is 11.5 Å². The van der Waals surface area contributed by atoms with Gasteiger partial charge >= 0.3 is 0 Å². The lowest BCUT2D eigenvalue weighted by Gasteiger charge is -2.31. The van der Waals surface area contributed by atoms with Crippen molar-refractivity contribution >= 4 is 0 Å². The zero-order chi connectivity index (χ0) is 11.0. The third kappa shape index (κ3) is 1.66. The number of phenols is 1. The van der Waals surface area contributed by atoms with Crippen LogP contribution < -0.4 is 4.74 Å². The van der Waals surface area contributed by atoms with Crippen molar-refractivity contribution < 1.29 is 14.9 Å². The average Bonchev–Trinajstić information content (AvgIpc) is 2.24. The Kier molecular flexibility index (Phi) is 2.54. The first kappa shape index (κ1) is 10.3. The molecule has 1 aliphatic heterocycles. The van der Waals surface area contributed by atoms with E-state index in [-0.39, 0.29) is 5.75 Å². The number of hydrogen-bond donors (Lipinski definition) is 2. The second-order valence-electron chi connectivity index (χ2n) is 3.83. The van der Waals surface area contributed by atoms with Crippen LogP contribution in [0.4, 0.5) is 0 Å². The molecule has 1 heterocycles. The molecule has 0 aromatic heterocycles. The minimum atomic E-state index is -0.634. The van der Waals surface area contributed by atoms with Gasteiger partial charge in [0.25, 0.3) is 0 Å². The van der Waals surface area contributed by atoms with Crippen molar-refractivity contribution in [3.05, 3.63) is 23.3 Å². The largest absolute Gasteiger partial charge is 0.504 e. The van der Waals surface area contributed by atoms with Crippen LogP contribution in [-0.2, 0) is 6.42 Å². The molecule has 82 valence electrons. The van der Waals surface area contributed by atoms with Crippen LogP contribution in [0.15, 0.2) is 12.1 Å². The van der Waals surface area contributed by atoms with Gasteiger partial charge in [0.2, 0.25) is 0 Å². The van der Waals surface area contributed by atoms with E-state index in [1.165, 1.54) is 7.11 Å². The number of ether oxygens (including phenoxy) is 1. The topological polar surface area (TPSA) is 52.9 Å². The number of hydrogen-bond acceptors (Lipinski definition) is 4. The summed E-state index contributed by atoms with van der Waals surface area (Å²) in [7, 11) is 3.38. The highest BCUT2D eigenvalue weighted by Crippen LogP contribution is 2.35. The van der Waals surface area contributed by atoms with Crippen molar-refractivity contribution in [2.24, 2.45) is 0 Å². The predicted molar refractivity (Wildman–Crippen MR) is 56.0 cm³/mol. The van der Waals surface area contributed by atoms with Crippen molar-refractivity contribution in [3.8, 4) is 11.5 Å². The average molecular weight is 209 g/mol. The fraction of sp³-hybridized carbons (Fsp3) is 0.455. The van der Waals surface area contributed by atoms with Crippen LogP contribution in [0.2, 0.25) is 0 Å². The number of fused-ring (bicyclic) bond motifs is 1. The summed E-state index contributed by atoms with van der Waals surface area (Å²) < 4.78 is 5.03. The van der Waals surface area contributed by atoms with Gasteiger partial charge < -0.3 is 14.9 Å². The predicted octanol–water partition coefficient (Wildman–Crippen LogP) is 0.880. The number of methoxy groups -OCH3 is 1. The number of aromatic hydroxyl groups is 1. The van der Waals surface area contributed by atoms with Crippen molar-refractivity contribution in [1.29, 1.82) is 0 Å². The van der Waals surface area contributed by atoms with E-state index in [0.717, 1.165) is 24.1 Å². The Morgan fingerprint density at radius 3 is 2.87 bits per heavy atom. The van der Waals surface area contributed by atoms with Gasteiger partial charge in [-0.3, -0.25) is 4.90 Å². The molecule has 0 bridgehead atoms. The highest BCUT2D eigenvalue weighted by molar-refractivity contribution is 5.48. The van der Waals surface area contributed by atoms with Gasteiger partial charge in [-0.2, -0.15) is 0 Å². The first-order chi connectivity index (χ1) is 7.13. The Morgan fingerprint density at radius 2 is 2.20 bits per heavy atom. The third-order valence-electron chi connectivity index (χ3n) is 2.87. The molecular formula is C11H15NO3. The number of phenolic OH excluding ortho intramolecular Hbond substituents is 1. The standard InChI is InChI=1S/C11H15NO3/c1-12-4-3-7-5-10(15-2)9(13)6-8(7)11(12)14/h5-6,11,13-14H,3-4H2,1-2H3/t11-/m0/s1. The first-order valence-electron chi connectivity index (χ1n) is 4.91. The van der Waals surface area contributed by atoms with E-state index < -0.39 is 6.23 Å². The van der Waals surface area contributed by atoms with Crippen LogP contribution in [-0.4, -0.2) is 35.8 Å². The Bertz CT molecular complexity index is 378. The molecule has 0 unspecified atom stereocenters. The van der Waals surface area contributed by atoms with Crippen LogP contribution in [0, 0.1) is 0 Å². The first-order valence-corrected chi connectivity index (χ1v) is 4.91. The fourth-order valence-electron chi connectivity index (χ4n) is 1.90. The minimum absolute atomic E-state index is 0.0746. The summed E-state index contributed by atoms with van der Waals surface area (Å²) in [6, 6.07) is 3.37. The fourth-order valence-corrected chi connectivity index (χ4v) is 1.90. The monoisotopic (exact) mass is 209 g/mol. The minimum Gasteiger partial charge on any atom is -0.504 e. The summed E-state index contributed by atoms with van der Waals surface area (Å²) in [5, 5.41) is 19.5. The van der Waals surface area contributed by atoms with Gasteiger partial charge in [-0.1, -0.05) is 0 Å². The smallest absolute Gasteiger partial charge is 0.160 e. The molecule has 2 rings (SSSR count). The molecule has 0 saturated carbocycles. The van der Waals surface area contributed by atoms with Gasteiger partial charge in [0.1, 0.15) is 6.23 Å². The van der Waals surface area contributed by atoms with E-state index in [1.54, 1.807) is 12.1 Å². The molecule has 1 atom stereocenters. The molecule has 1 aliphatic rings. The molecule has 0 spiro atoms. The zero-order valence-corrected chi connectivity index (χ0v) is 8.90. The number of aliphatic hydroxyl groups excluding tert-OH is 1. The van der Waals surface area contributed by atoms with Gasteiger partial charge in [0.15, 0.2) is 11.5 Å². The summed E-state index contributed by atoms with van der Waals surface area (Å²) in [6.45, 7) is 0.808. The lowest BCUT2D eigenvalue weighted by Crippen LogP contribution is -2.31. The Balaban J connectivity index is 2.47. The molecule has 0 radical (unpaired) electrons. The van der Waals surface area contributed by atoms with Crippen molar-refractivity contribution in [2.45, 2.75) is 12.6 Å². The molecule has 0 aliphatic carbocycles. The van der Waals surface area contributed by atoms with Crippen LogP contribution in [0.1, 0.15) is 17.4 Å². The molecule has 1 aromatic carbocycles. The van der Waals surface area contributed by atoms with E-state index in [9.17, 15) is 10.2 Å². The number of likely N-dealkylation sites (N-methyl/N-ethyl adjacent to an activating group) is 1. The molecule has 0 fully saturated rings. The summed E-state index contributed by atoms with van der Waals surface area (Å²) in [5.41, 5.74) is 1.80. The zero-order valence-electron chi connectivity index (χ0n) is 8.90. The summed E-state index contributed by atoms with van der Waals surface area (Å²) >= 11 is 0. The van der Waals surface area contributed by atoms with Gasteiger partial charge in [-0.05, 0) is 31.2 Å². The lowest BCUT2D eigenvalue weighted by molar-refractivity contribution is 0.0125. The van der Waals surface area contributed by atoms with E-state index >= 15 is 0 Å². The number of benzene rings is 1. The second-order valence-corrected chi connectivity index (χ2v) is 3.83. The third-order valence-corrected chi connectivity index (χ3v) is 2.87. The summed E-state index contributed by atoms with van der Waals surface area (Å²) in [5.74, 6) is 0.538. The Morgan fingerprint density at radius 1 is 1.47 bits per heavy atom. The maximum atomic E-state index is 9.89. The summed E-state index contributed by atoms with van der Waals surface area (Å²) in [6.07, 6.45) is 0.227. The number of aliphatic hydroxyl groups is 1. The highest BCUT2D eigenvalue weighted by Gasteiger charge is 2.24. The maximum Gasteiger partial charge on any atom is 0.160 e. The normalized spacial score (nSPS) is 21.1. The lowest BCUT2D eigenvalue weighted by atomic mass is 9.98. The van der Waals surface area contributed by atoms with Crippen molar-refractivity contribution in [3.63, 3.8) is 0 Å². The van der Waals surface area contributed by atoms with Crippen molar-refractivity contribution in [1.82, 2.24) is 4.90 Å². The van der Waals surface area contributed by atoms with Gasteiger partial charge in [-0.25, -0.2) is 0 Å². The molecule has 4 heteroatoms. The van der Waals surface area contributed by atoms with Crippen LogP contribution in [0.25, 0.3) is 0 Å². The van der Waals surface area contributed by atoms with Crippen LogP contribution >= 0.6 is 0 Å². The molecule has 1 aromatic rings. The van der Waals surface area contributed by atoms with E-state index in [2.05, 4.69) is 0 Å². The van der Waals surface area contributed by atoms with Crippen molar-refractivity contribution in [2.75, 3.05) is 20.7 Å². The molecule has 15 heavy (non-hydrogen) atoms. The Hall–Kier alpha value is -1.26. The summed E-state index contributed by atoms with van der Waals surface area (Å²) in [4.78, 5) is 1.84. The second kappa shape index (κ2) is 3.72. The van der Waals surface area contributed by atoms with Gasteiger partial charge in [-0.15, -0.1) is 0 Å². The number of nitrogens with zero attached hydrogens (tertiary/aromatic N) is 1. The number of rotatable bonds is 1. The highest BCUT2D eigenvalue weighted by atomic mass is 16.5. The van der Waals surface area contributed by atoms with E-state index in [1.807, 2.05) is 11.9 Å². The van der Waals surface area contributed by atoms with Crippen LogP contribution in [0.3, 0.4) is 0 Å². The SMILES string of the molecule is COc1cc2c(cc1O)[C@H](O)N(C)CC2. The van der Waals surface area contributed by atoms with Gasteiger partial charge in [0.05, 0.1) is 7.11 Å². The molecule has 0 amide bonds. The molecule has 2 N–H and O–H groups in total. The Labute approximate surface area is 88.7 Å². The van der Waals surface area contributed by atoms with Gasteiger partial charge in [0, 0.05) is 12.1 Å². The maximum absolute atomic E-state index is 9.89. The molecule has 0 saturated heterocycles. The van der Waals surface area contributed by atoms with E-state index in [0.29, 0.717) is 5.75 Å². The quantitative estimate of drug-likeness (QED) is 0.721. The molecule has 4 nitrogen and oxygen atoms in total.